The van der Waals surface area contributed by atoms with Crippen molar-refractivity contribution >= 4 is 0 Å². The van der Waals surface area contributed by atoms with Crippen molar-refractivity contribution in [2.24, 2.45) is 5.92 Å². The molecule has 1 aliphatic heterocycles. The summed E-state index contributed by atoms with van der Waals surface area (Å²) < 4.78 is 6.39. The molecule has 3 rings (SSSR count). The Morgan fingerprint density at radius 1 is 1.35 bits per heavy atom. The molecule has 1 heterocycles. The SMILES string of the molecule is C=C(CNC[C@@H](C)O)N1CCc2ccccc2C1(OC)C1CCCCC1. The lowest BCUT2D eigenvalue weighted by Crippen LogP contribution is -2.57. The minimum Gasteiger partial charge on any atom is -0.392 e. The maximum atomic E-state index is 9.53. The Kier molecular flexibility index (Phi) is 6.38. The fraction of sp³-hybridized carbons (Fsp3) is 0.636. The first-order valence-corrected chi connectivity index (χ1v) is 10.1. The van der Waals surface area contributed by atoms with Crippen LogP contribution in [0.4, 0.5) is 0 Å². The number of nitrogens with zero attached hydrogens (tertiary/aromatic N) is 1. The number of rotatable bonds is 7. The summed E-state index contributed by atoms with van der Waals surface area (Å²) in [4.78, 5) is 2.40. The molecule has 2 aliphatic rings. The molecule has 1 fully saturated rings. The normalized spacial score (nSPS) is 25.0. The van der Waals surface area contributed by atoms with E-state index in [4.69, 9.17) is 4.74 Å². The molecule has 4 heteroatoms. The average molecular weight is 359 g/mol. The molecule has 1 saturated carbocycles. The Hall–Kier alpha value is -1.36. The first kappa shape index (κ1) is 19.4. The number of aliphatic hydroxyl groups excluding tert-OH is 1. The third kappa shape index (κ3) is 3.68. The minimum atomic E-state index is -0.418. The molecule has 1 aromatic rings. The summed E-state index contributed by atoms with van der Waals surface area (Å²) in [7, 11) is 1.86. The highest BCUT2D eigenvalue weighted by Crippen LogP contribution is 2.48. The smallest absolute Gasteiger partial charge is 0.169 e. The summed E-state index contributed by atoms with van der Waals surface area (Å²) in [6, 6.07) is 8.76. The number of ether oxygens (including phenoxy) is 1. The number of nitrogens with one attached hydrogen (secondary N) is 1. The third-order valence-electron chi connectivity index (χ3n) is 6.03. The van der Waals surface area contributed by atoms with Crippen molar-refractivity contribution in [2.45, 2.75) is 57.3 Å². The Morgan fingerprint density at radius 2 is 2.08 bits per heavy atom. The quantitative estimate of drug-likeness (QED) is 0.784. The van der Waals surface area contributed by atoms with Crippen LogP contribution in [0.3, 0.4) is 0 Å². The second-order valence-electron chi connectivity index (χ2n) is 7.84. The third-order valence-corrected chi connectivity index (χ3v) is 6.03. The molecule has 4 nitrogen and oxygen atoms in total. The van der Waals surface area contributed by atoms with E-state index in [2.05, 4.69) is 41.1 Å². The monoisotopic (exact) mass is 358 g/mol. The van der Waals surface area contributed by atoms with Crippen molar-refractivity contribution in [1.29, 1.82) is 0 Å². The van der Waals surface area contributed by atoms with Gasteiger partial charge in [0.05, 0.1) is 6.10 Å². The lowest BCUT2D eigenvalue weighted by atomic mass is 9.74. The van der Waals surface area contributed by atoms with E-state index in [1.807, 2.05) is 7.11 Å². The van der Waals surface area contributed by atoms with Gasteiger partial charge in [-0.3, -0.25) is 0 Å². The number of methoxy groups -OCH3 is 1. The largest absolute Gasteiger partial charge is 0.392 e. The fourth-order valence-electron chi connectivity index (χ4n) is 4.87. The number of hydrogen-bond donors (Lipinski definition) is 2. The first-order chi connectivity index (χ1) is 12.6. The van der Waals surface area contributed by atoms with Gasteiger partial charge in [0.25, 0.3) is 0 Å². The number of benzene rings is 1. The molecule has 2 N–H and O–H groups in total. The van der Waals surface area contributed by atoms with Crippen LogP contribution in [0.1, 0.15) is 50.2 Å². The molecule has 1 aliphatic carbocycles. The second-order valence-corrected chi connectivity index (χ2v) is 7.84. The number of hydrogen-bond acceptors (Lipinski definition) is 4. The van der Waals surface area contributed by atoms with E-state index in [-0.39, 0.29) is 6.10 Å². The predicted molar refractivity (Wildman–Crippen MR) is 106 cm³/mol. The van der Waals surface area contributed by atoms with Crippen LogP contribution < -0.4 is 5.32 Å². The molecule has 0 bridgehead atoms. The fourth-order valence-corrected chi connectivity index (χ4v) is 4.87. The van der Waals surface area contributed by atoms with E-state index in [0.717, 1.165) is 18.7 Å². The maximum absolute atomic E-state index is 9.53. The van der Waals surface area contributed by atoms with Gasteiger partial charge in [0.2, 0.25) is 0 Å². The highest BCUT2D eigenvalue weighted by molar-refractivity contribution is 5.37. The highest BCUT2D eigenvalue weighted by Gasteiger charge is 2.49. The Labute approximate surface area is 158 Å². The molecule has 1 unspecified atom stereocenters. The van der Waals surface area contributed by atoms with E-state index in [1.54, 1.807) is 6.92 Å². The Balaban J connectivity index is 1.93. The van der Waals surface area contributed by atoms with Crippen LogP contribution in [-0.2, 0) is 16.9 Å². The molecular weight excluding hydrogens is 324 g/mol. The lowest BCUT2D eigenvalue weighted by Gasteiger charge is -2.54. The zero-order valence-electron chi connectivity index (χ0n) is 16.3. The molecule has 0 amide bonds. The van der Waals surface area contributed by atoms with Gasteiger partial charge in [0.15, 0.2) is 5.72 Å². The second kappa shape index (κ2) is 8.55. The van der Waals surface area contributed by atoms with Gasteiger partial charge in [0.1, 0.15) is 0 Å². The van der Waals surface area contributed by atoms with Crippen molar-refractivity contribution in [1.82, 2.24) is 10.2 Å². The van der Waals surface area contributed by atoms with Crippen LogP contribution in [0.2, 0.25) is 0 Å². The highest BCUT2D eigenvalue weighted by atomic mass is 16.5. The summed E-state index contributed by atoms with van der Waals surface area (Å²) in [5.74, 6) is 0.483. The molecule has 0 aromatic heterocycles. The van der Waals surface area contributed by atoms with Gasteiger partial charge in [-0.15, -0.1) is 0 Å². The van der Waals surface area contributed by atoms with Gasteiger partial charge in [-0.2, -0.15) is 0 Å². The van der Waals surface area contributed by atoms with Crippen LogP contribution in [0.25, 0.3) is 0 Å². The summed E-state index contributed by atoms with van der Waals surface area (Å²) in [5, 5.41) is 12.9. The Bertz CT molecular complexity index is 610. The topological polar surface area (TPSA) is 44.7 Å². The molecule has 0 radical (unpaired) electrons. The van der Waals surface area contributed by atoms with Crippen molar-refractivity contribution in [3.05, 3.63) is 47.7 Å². The van der Waals surface area contributed by atoms with Crippen LogP contribution in [-0.4, -0.2) is 42.9 Å². The molecular formula is C22H34N2O2. The van der Waals surface area contributed by atoms with E-state index in [0.29, 0.717) is 19.0 Å². The lowest BCUT2D eigenvalue weighted by molar-refractivity contribution is -0.181. The maximum Gasteiger partial charge on any atom is 0.169 e. The van der Waals surface area contributed by atoms with Crippen molar-refractivity contribution in [3.8, 4) is 0 Å². The van der Waals surface area contributed by atoms with Crippen molar-refractivity contribution in [2.75, 3.05) is 26.7 Å². The van der Waals surface area contributed by atoms with Crippen LogP contribution >= 0.6 is 0 Å². The number of fused-ring (bicyclic) bond motifs is 1. The zero-order chi connectivity index (χ0) is 18.6. The number of aliphatic hydroxyl groups is 1. The van der Waals surface area contributed by atoms with E-state index in [9.17, 15) is 5.11 Å². The Morgan fingerprint density at radius 3 is 2.77 bits per heavy atom. The van der Waals surface area contributed by atoms with Gasteiger partial charge < -0.3 is 20.1 Å². The van der Waals surface area contributed by atoms with Gasteiger partial charge in [-0.05, 0) is 31.7 Å². The molecule has 2 atom stereocenters. The summed E-state index contributed by atoms with van der Waals surface area (Å²) in [5.41, 5.74) is 3.35. The molecule has 26 heavy (non-hydrogen) atoms. The van der Waals surface area contributed by atoms with Gasteiger partial charge >= 0.3 is 0 Å². The molecule has 144 valence electrons. The zero-order valence-corrected chi connectivity index (χ0v) is 16.3. The van der Waals surface area contributed by atoms with E-state index >= 15 is 0 Å². The van der Waals surface area contributed by atoms with Crippen LogP contribution in [0.5, 0.6) is 0 Å². The summed E-state index contributed by atoms with van der Waals surface area (Å²) >= 11 is 0. The van der Waals surface area contributed by atoms with Crippen LogP contribution in [0, 0.1) is 5.92 Å². The average Bonchev–Trinajstić information content (AvgIpc) is 2.67. The minimum absolute atomic E-state index is 0.351. The van der Waals surface area contributed by atoms with Gasteiger partial charge in [0, 0.05) is 43.9 Å². The predicted octanol–water partition coefficient (Wildman–Crippen LogP) is 3.41. The van der Waals surface area contributed by atoms with Crippen molar-refractivity contribution < 1.29 is 9.84 Å². The van der Waals surface area contributed by atoms with Crippen molar-refractivity contribution in [3.63, 3.8) is 0 Å². The summed E-state index contributed by atoms with van der Waals surface area (Å²) in [6.45, 7) is 8.36. The summed E-state index contributed by atoms with van der Waals surface area (Å²) in [6.07, 6.45) is 6.95. The molecule has 0 spiro atoms. The van der Waals surface area contributed by atoms with Gasteiger partial charge in [-0.1, -0.05) is 50.1 Å². The van der Waals surface area contributed by atoms with E-state index < -0.39 is 5.72 Å². The van der Waals surface area contributed by atoms with E-state index in [1.165, 1.54) is 43.2 Å². The molecule has 1 aromatic carbocycles. The van der Waals surface area contributed by atoms with Crippen LogP contribution in [0.15, 0.2) is 36.5 Å². The first-order valence-electron chi connectivity index (χ1n) is 10.1. The standard InChI is InChI=1S/C22H34N2O2/c1-17(15-23-16-18(2)25)24-14-13-19-9-7-8-12-21(19)22(24,26-3)20-10-5-4-6-11-20/h7-9,12,18,20,23,25H,1,4-6,10-11,13-16H2,2-3H3/t18-,22?/m1/s1. The molecule has 0 saturated heterocycles. The van der Waals surface area contributed by atoms with Gasteiger partial charge in [-0.25, -0.2) is 0 Å².